The van der Waals surface area contributed by atoms with Crippen molar-refractivity contribution in [3.8, 4) is 0 Å². The first-order valence-electron chi connectivity index (χ1n) is 10.0. The molecule has 7 nitrogen and oxygen atoms in total. The zero-order valence-electron chi connectivity index (χ0n) is 16.9. The highest BCUT2D eigenvalue weighted by atomic mass is 32.1. The van der Waals surface area contributed by atoms with Crippen molar-refractivity contribution < 1.29 is 14.1 Å². The van der Waals surface area contributed by atoms with Crippen LogP contribution in [0.15, 0.2) is 28.8 Å². The molecule has 0 N–H and O–H groups in total. The van der Waals surface area contributed by atoms with E-state index in [0.717, 1.165) is 36.3 Å². The van der Waals surface area contributed by atoms with E-state index in [-0.39, 0.29) is 11.3 Å². The minimum absolute atomic E-state index is 0.158. The van der Waals surface area contributed by atoms with Crippen LogP contribution in [0.2, 0.25) is 0 Å². The zero-order chi connectivity index (χ0) is 20.3. The topological polar surface area (TPSA) is 81.4 Å². The number of aromatic nitrogens is 3. The SMILES string of the molecule is COCCC1(c2noc(C)n2)CCCN(C(=O)CCc2nc3ccccc3s2)C1. The second-order valence-electron chi connectivity index (χ2n) is 7.65. The average Bonchev–Trinajstić information content (AvgIpc) is 3.36. The molecule has 4 rings (SSSR count). The number of benzene rings is 1. The van der Waals surface area contributed by atoms with Crippen LogP contribution < -0.4 is 0 Å². The number of nitrogens with zero attached hydrogens (tertiary/aromatic N) is 4. The van der Waals surface area contributed by atoms with Crippen molar-refractivity contribution in [2.24, 2.45) is 0 Å². The molecule has 154 valence electrons. The van der Waals surface area contributed by atoms with E-state index in [9.17, 15) is 4.79 Å². The highest BCUT2D eigenvalue weighted by Gasteiger charge is 2.42. The highest BCUT2D eigenvalue weighted by Crippen LogP contribution is 2.36. The highest BCUT2D eigenvalue weighted by molar-refractivity contribution is 7.18. The van der Waals surface area contributed by atoms with Gasteiger partial charge in [0.15, 0.2) is 5.82 Å². The van der Waals surface area contributed by atoms with Gasteiger partial charge in [0.1, 0.15) is 0 Å². The number of aryl methyl sites for hydroxylation is 2. The summed E-state index contributed by atoms with van der Waals surface area (Å²) in [7, 11) is 1.69. The molecule has 2 aromatic heterocycles. The second kappa shape index (κ2) is 8.59. The van der Waals surface area contributed by atoms with Crippen LogP contribution in [0.4, 0.5) is 0 Å². The largest absolute Gasteiger partial charge is 0.385 e. The van der Waals surface area contributed by atoms with Crippen molar-refractivity contribution in [3.63, 3.8) is 0 Å². The maximum atomic E-state index is 13.0. The van der Waals surface area contributed by atoms with Crippen molar-refractivity contribution in [2.75, 3.05) is 26.8 Å². The number of likely N-dealkylation sites (tertiary alicyclic amines) is 1. The average molecular weight is 415 g/mol. The Bertz CT molecular complexity index is 952. The van der Waals surface area contributed by atoms with Gasteiger partial charge >= 0.3 is 0 Å². The first-order chi connectivity index (χ1) is 14.1. The number of para-hydroxylation sites is 1. The lowest BCUT2D eigenvalue weighted by Crippen LogP contribution is -2.49. The summed E-state index contributed by atoms with van der Waals surface area (Å²) in [5, 5.41) is 5.20. The Kier molecular flexibility index (Phi) is 5.91. The molecular weight excluding hydrogens is 388 g/mol. The predicted molar refractivity (Wildman–Crippen MR) is 111 cm³/mol. The van der Waals surface area contributed by atoms with E-state index in [2.05, 4.69) is 21.2 Å². The smallest absolute Gasteiger partial charge is 0.223 e. The van der Waals surface area contributed by atoms with Crippen molar-refractivity contribution in [3.05, 3.63) is 41.0 Å². The molecule has 1 atom stereocenters. The lowest BCUT2D eigenvalue weighted by atomic mass is 9.76. The lowest BCUT2D eigenvalue weighted by molar-refractivity contribution is -0.133. The summed E-state index contributed by atoms with van der Waals surface area (Å²) in [4.78, 5) is 24.1. The van der Waals surface area contributed by atoms with Gasteiger partial charge in [-0.2, -0.15) is 4.98 Å². The number of piperidine rings is 1. The molecule has 0 radical (unpaired) electrons. The minimum Gasteiger partial charge on any atom is -0.385 e. The first-order valence-corrected chi connectivity index (χ1v) is 10.8. The molecule has 1 saturated heterocycles. The Morgan fingerprint density at radius 1 is 1.34 bits per heavy atom. The van der Waals surface area contributed by atoms with Gasteiger partial charge < -0.3 is 14.2 Å². The zero-order valence-corrected chi connectivity index (χ0v) is 17.7. The maximum absolute atomic E-state index is 13.0. The van der Waals surface area contributed by atoms with Gasteiger partial charge in [-0.3, -0.25) is 4.79 Å². The summed E-state index contributed by atoms with van der Waals surface area (Å²) in [5.41, 5.74) is 0.696. The minimum atomic E-state index is -0.308. The fourth-order valence-electron chi connectivity index (χ4n) is 4.05. The first kappa shape index (κ1) is 20.0. The number of fused-ring (bicyclic) bond motifs is 1. The van der Waals surface area contributed by atoms with Crippen LogP contribution in [0.25, 0.3) is 10.2 Å². The molecule has 0 spiro atoms. The van der Waals surface area contributed by atoms with Crippen LogP contribution >= 0.6 is 11.3 Å². The van der Waals surface area contributed by atoms with E-state index in [1.807, 2.05) is 23.1 Å². The van der Waals surface area contributed by atoms with E-state index in [1.165, 1.54) is 4.70 Å². The third-order valence-electron chi connectivity index (χ3n) is 5.61. The maximum Gasteiger partial charge on any atom is 0.223 e. The predicted octanol–water partition coefficient (Wildman–Crippen LogP) is 3.52. The van der Waals surface area contributed by atoms with Gasteiger partial charge in [-0.05, 0) is 31.4 Å². The van der Waals surface area contributed by atoms with E-state index in [4.69, 9.17) is 9.26 Å². The third-order valence-corrected chi connectivity index (χ3v) is 6.70. The Balaban J connectivity index is 1.45. The van der Waals surface area contributed by atoms with Gasteiger partial charge in [0.2, 0.25) is 11.8 Å². The van der Waals surface area contributed by atoms with Crippen molar-refractivity contribution in [1.82, 2.24) is 20.0 Å². The van der Waals surface area contributed by atoms with Crippen LogP contribution in [0.3, 0.4) is 0 Å². The Labute approximate surface area is 174 Å². The summed E-state index contributed by atoms with van der Waals surface area (Å²) in [6, 6.07) is 8.09. The molecule has 1 fully saturated rings. The molecule has 1 aromatic carbocycles. The Morgan fingerprint density at radius 2 is 2.21 bits per heavy atom. The van der Waals surface area contributed by atoms with Gasteiger partial charge in [0, 0.05) is 46.6 Å². The monoisotopic (exact) mass is 414 g/mol. The number of carbonyl (C=O) groups is 1. The normalized spacial score (nSPS) is 19.7. The lowest BCUT2D eigenvalue weighted by Gasteiger charge is -2.41. The van der Waals surface area contributed by atoms with Crippen molar-refractivity contribution in [2.45, 2.75) is 44.4 Å². The van der Waals surface area contributed by atoms with Crippen LogP contribution in [0, 0.1) is 6.92 Å². The molecule has 3 heterocycles. The molecule has 0 aliphatic carbocycles. The summed E-state index contributed by atoms with van der Waals surface area (Å²) in [6.07, 6.45) is 3.75. The Hall–Kier alpha value is -2.32. The Morgan fingerprint density at radius 3 is 2.97 bits per heavy atom. The second-order valence-corrected chi connectivity index (χ2v) is 8.77. The molecule has 0 bridgehead atoms. The number of hydrogen-bond donors (Lipinski definition) is 0. The van der Waals surface area contributed by atoms with Gasteiger partial charge in [-0.15, -0.1) is 11.3 Å². The van der Waals surface area contributed by atoms with Gasteiger partial charge in [-0.25, -0.2) is 4.98 Å². The standard InChI is InChI=1S/C21H26N4O3S/c1-15-22-20(24-28-15)21(11-13-27-2)10-5-12-25(14-21)19(26)9-8-18-23-16-6-3-4-7-17(16)29-18/h3-4,6-7H,5,8-14H2,1-2H3. The number of methoxy groups -OCH3 is 1. The van der Waals surface area contributed by atoms with E-state index < -0.39 is 0 Å². The molecule has 8 heteroatoms. The van der Waals surface area contributed by atoms with Gasteiger partial charge in [0.25, 0.3) is 0 Å². The van der Waals surface area contributed by atoms with E-state index in [1.54, 1.807) is 25.4 Å². The molecule has 1 amide bonds. The van der Waals surface area contributed by atoms with Crippen molar-refractivity contribution in [1.29, 1.82) is 0 Å². The van der Waals surface area contributed by atoms with E-state index in [0.29, 0.717) is 37.7 Å². The molecule has 1 unspecified atom stereocenters. The molecule has 3 aromatic rings. The van der Waals surface area contributed by atoms with Crippen LogP contribution in [0.1, 0.15) is 42.4 Å². The molecular formula is C21H26N4O3S. The van der Waals surface area contributed by atoms with Gasteiger partial charge in [-0.1, -0.05) is 17.3 Å². The summed E-state index contributed by atoms with van der Waals surface area (Å²) in [5.74, 6) is 1.40. The third kappa shape index (κ3) is 4.33. The molecule has 29 heavy (non-hydrogen) atoms. The summed E-state index contributed by atoms with van der Waals surface area (Å²) < 4.78 is 11.7. The fourth-order valence-corrected chi connectivity index (χ4v) is 5.02. The van der Waals surface area contributed by atoms with Crippen molar-refractivity contribution >= 4 is 27.5 Å². The van der Waals surface area contributed by atoms with Crippen LogP contribution in [-0.4, -0.2) is 52.7 Å². The quantitative estimate of drug-likeness (QED) is 0.588. The van der Waals surface area contributed by atoms with Gasteiger partial charge in [0.05, 0.1) is 20.6 Å². The van der Waals surface area contributed by atoms with Crippen LogP contribution in [-0.2, 0) is 21.4 Å². The summed E-state index contributed by atoms with van der Waals surface area (Å²) in [6.45, 7) is 3.77. The number of thiazole rings is 1. The van der Waals surface area contributed by atoms with Crippen LogP contribution in [0.5, 0.6) is 0 Å². The number of ether oxygens (including phenoxy) is 1. The fraction of sp³-hybridized carbons (Fsp3) is 0.524. The van der Waals surface area contributed by atoms with E-state index >= 15 is 0 Å². The molecule has 1 aliphatic rings. The number of hydrogen-bond acceptors (Lipinski definition) is 7. The number of rotatable bonds is 7. The molecule has 0 saturated carbocycles. The molecule has 1 aliphatic heterocycles. The number of amides is 1. The summed E-state index contributed by atoms with van der Waals surface area (Å²) >= 11 is 1.67. The number of carbonyl (C=O) groups excluding carboxylic acids is 1.